The van der Waals surface area contributed by atoms with Crippen LogP contribution < -0.4 is 0 Å². The Morgan fingerprint density at radius 2 is 2.45 bits per heavy atom. The number of carbonyl (C=O) groups excluding carboxylic acids is 1. The van der Waals surface area contributed by atoms with Crippen LogP contribution in [0.4, 0.5) is 4.79 Å². The smallest absolute Gasteiger partial charge is 0.446 e. The van der Waals surface area contributed by atoms with Crippen LogP contribution in [-0.2, 0) is 18.5 Å². The van der Waals surface area contributed by atoms with Crippen LogP contribution in [0, 0.1) is 0 Å². The summed E-state index contributed by atoms with van der Waals surface area (Å²) in [4.78, 5) is 10.6. The molecule has 0 bridgehead atoms. The second-order valence-electron chi connectivity index (χ2n) is 1.70. The van der Waals surface area contributed by atoms with Gasteiger partial charge < -0.3 is 4.74 Å². The highest BCUT2D eigenvalue weighted by molar-refractivity contribution is 7.33. The normalized spacial score (nSPS) is 18.5. The molecule has 0 aliphatic carbocycles. The van der Waals surface area contributed by atoms with Gasteiger partial charge in [0, 0.05) is 9.19 Å². The lowest BCUT2D eigenvalue weighted by atomic mass is 10.7. The summed E-state index contributed by atoms with van der Waals surface area (Å²) in [6.07, 6.45) is -0.634. The first-order valence-electron chi connectivity index (χ1n) is 2.88. The molecule has 0 spiro atoms. The van der Waals surface area contributed by atoms with E-state index in [-0.39, 0.29) is 13.2 Å². The highest BCUT2D eigenvalue weighted by Crippen LogP contribution is 2.25. The zero-order valence-corrected chi connectivity index (χ0v) is 6.74. The minimum Gasteiger partial charge on any atom is -0.446 e. The van der Waals surface area contributed by atoms with Crippen LogP contribution in [0.1, 0.15) is 0 Å². The fourth-order valence-corrected chi connectivity index (χ4v) is 0.943. The highest BCUT2D eigenvalue weighted by Gasteiger charge is 2.33. The summed E-state index contributed by atoms with van der Waals surface area (Å²) in [6.45, 7) is 0.537. The van der Waals surface area contributed by atoms with Crippen LogP contribution in [0.5, 0.6) is 0 Å². The lowest BCUT2D eigenvalue weighted by Gasteiger charge is -1.99. The van der Waals surface area contributed by atoms with Gasteiger partial charge in [0.15, 0.2) is 0 Å². The van der Waals surface area contributed by atoms with Crippen molar-refractivity contribution in [1.82, 2.24) is 5.06 Å². The Labute approximate surface area is 63.9 Å². The third-order valence-corrected chi connectivity index (χ3v) is 1.67. The molecule has 1 rings (SSSR count). The molecule has 0 saturated carbocycles. The van der Waals surface area contributed by atoms with Gasteiger partial charge in [0.1, 0.15) is 6.61 Å². The van der Waals surface area contributed by atoms with E-state index in [4.69, 9.17) is 0 Å². The van der Waals surface area contributed by atoms with Gasteiger partial charge in [0.2, 0.25) is 0 Å². The summed E-state index contributed by atoms with van der Waals surface area (Å²) in [6, 6.07) is 0. The van der Waals surface area contributed by atoms with E-state index < -0.39 is 14.3 Å². The Hall–Kier alpha value is -0.710. The minimum atomic E-state index is -2.24. The maximum atomic E-state index is 10.6. The number of hydrogen-bond donors (Lipinski definition) is 0. The molecule has 1 aliphatic heterocycles. The molecule has 1 atom stereocenters. The number of nitrogens with zero attached hydrogens (tertiary/aromatic N) is 1. The topological polar surface area (TPSA) is 65.1 Å². The Kier molecular flexibility index (Phi) is 2.76. The van der Waals surface area contributed by atoms with Gasteiger partial charge in [0.25, 0.3) is 0 Å². The molecule has 1 fully saturated rings. The van der Waals surface area contributed by atoms with Gasteiger partial charge in [-0.1, -0.05) is 0 Å². The molecule has 0 aromatic carbocycles. The third kappa shape index (κ3) is 2.11. The van der Waals surface area contributed by atoms with E-state index >= 15 is 0 Å². The van der Waals surface area contributed by atoms with Crippen molar-refractivity contribution in [2.45, 2.75) is 0 Å². The second kappa shape index (κ2) is 3.61. The molecule has 1 saturated heterocycles. The molecule has 1 heterocycles. The van der Waals surface area contributed by atoms with Gasteiger partial charge in [-0.15, -0.1) is 9.59 Å². The minimum absolute atomic E-state index is 0.256. The van der Waals surface area contributed by atoms with Crippen molar-refractivity contribution in [2.75, 3.05) is 20.3 Å². The first-order valence-corrected chi connectivity index (χ1v) is 3.97. The molecule has 6 nitrogen and oxygen atoms in total. The van der Waals surface area contributed by atoms with Crippen LogP contribution in [-0.4, -0.2) is 31.4 Å². The first-order chi connectivity index (χ1) is 5.24. The lowest BCUT2D eigenvalue weighted by Crippen LogP contribution is -2.21. The molecule has 0 aromatic rings. The summed E-state index contributed by atoms with van der Waals surface area (Å²) in [5, 5.41) is 0.863. The van der Waals surface area contributed by atoms with Crippen LogP contribution in [0.3, 0.4) is 0 Å². The van der Waals surface area contributed by atoms with Gasteiger partial charge in [-0.25, -0.2) is 4.79 Å². The molecule has 62 valence electrons. The van der Waals surface area contributed by atoms with Crippen molar-refractivity contribution in [3.8, 4) is 0 Å². The average Bonchev–Trinajstić information content (AvgIpc) is 2.37. The third-order valence-electron chi connectivity index (χ3n) is 1.04. The number of rotatable bonds is 3. The van der Waals surface area contributed by atoms with Crippen LogP contribution >= 0.6 is 8.25 Å². The molecule has 11 heavy (non-hydrogen) atoms. The monoisotopic (exact) mass is 180 g/mol. The number of carbonyl (C=O) groups is 1. The maximum Gasteiger partial charge on any atom is 0.722 e. The molecule has 1 unspecified atom stereocenters. The van der Waals surface area contributed by atoms with E-state index in [0.717, 1.165) is 5.06 Å². The molecule has 1 aliphatic rings. The van der Waals surface area contributed by atoms with Crippen LogP contribution in [0.2, 0.25) is 0 Å². The molecule has 7 heteroatoms. The number of hydroxylamine groups is 2. The molecule has 0 radical (unpaired) electrons. The SMILES string of the molecule is CO[P+](=O)ON1CCOC1=O. The molecule has 1 amide bonds. The number of ether oxygens (including phenoxy) is 1. The van der Waals surface area contributed by atoms with Crippen LogP contribution in [0.15, 0.2) is 0 Å². The molecular formula is C4H7NO5P+. The van der Waals surface area contributed by atoms with Crippen LogP contribution in [0.25, 0.3) is 0 Å². The predicted octanol–water partition coefficient (Wildman–Crippen LogP) is 0.674. The largest absolute Gasteiger partial charge is 0.722 e. The van der Waals surface area contributed by atoms with E-state index in [1.165, 1.54) is 7.11 Å². The lowest BCUT2D eigenvalue weighted by molar-refractivity contribution is -0.00638. The van der Waals surface area contributed by atoms with Gasteiger partial charge in [-0.05, 0) is 0 Å². The summed E-state index contributed by atoms with van der Waals surface area (Å²) >= 11 is 0. The number of amides is 1. The Bertz CT molecular complexity index is 183. The molecular weight excluding hydrogens is 173 g/mol. The summed E-state index contributed by atoms with van der Waals surface area (Å²) in [5.41, 5.74) is 0. The van der Waals surface area contributed by atoms with Crippen molar-refractivity contribution in [1.29, 1.82) is 0 Å². The maximum absolute atomic E-state index is 10.6. The van der Waals surface area contributed by atoms with Crippen molar-refractivity contribution in [3.05, 3.63) is 0 Å². The summed E-state index contributed by atoms with van der Waals surface area (Å²) in [7, 11) is -1.02. The Balaban J connectivity index is 2.36. The Morgan fingerprint density at radius 1 is 1.73 bits per heavy atom. The summed E-state index contributed by atoms with van der Waals surface area (Å²) in [5.74, 6) is 0. The predicted molar refractivity (Wildman–Crippen MR) is 33.8 cm³/mol. The standard InChI is InChI=1S/C4H7NO5P/c1-8-11(7)10-5-2-3-9-4(5)6/h2-3H2,1H3/q+1. The van der Waals surface area contributed by atoms with E-state index in [1.54, 1.807) is 0 Å². The second-order valence-corrected chi connectivity index (χ2v) is 2.68. The fraction of sp³-hybridized carbons (Fsp3) is 0.750. The van der Waals surface area contributed by atoms with E-state index in [2.05, 4.69) is 13.9 Å². The summed E-state index contributed by atoms with van der Waals surface area (Å²) < 4.78 is 23.9. The van der Waals surface area contributed by atoms with E-state index in [1.807, 2.05) is 0 Å². The van der Waals surface area contributed by atoms with Crippen molar-refractivity contribution < 1.29 is 23.2 Å². The molecule has 0 N–H and O–H groups in total. The van der Waals surface area contributed by atoms with E-state index in [9.17, 15) is 9.36 Å². The van der Waals surface area contributed by atoms with Gasteiger partial charge in [-0.2, -0.15) is 0 Å². The first kappa shape index (κ1) is 8.39. The quantitative estimate of drug-likeness (QED) is 0.597. The highest BCUT2D eigenvalue weighted by atomic mass is 31.1. The zero-order valence-electron chi connectivity index (χ0n) is 5.85. The zero-order chi connectivity index (χ0) is 8.27. The van der Waals surface area contributed by atoms with Gasteiger partial charge in [0.05, 0.1) is 13.7 Å². The fourth-order valence-electron chi connectivity index (χ4n) is 0.567. The number of hydrogen-bond acceptors (Lipinski definition) is 5. The van der Waals surface area contributed by atoms with Crippen molar-refractivity contribution in [3.63, 3.8) is 0 Å². The van der Waals surface area contributed by atoms with Gasteiger partial charge >= 0.3 is 14.3 Å². The molecule has 0 aromatic heterocycles. The average molecular weight is 180 g/mol. The number of cyclic esters (lactones) is 1. The van der Waals surface area contributed by atoms with Gasteiger partial charge in [-0.3, -0.25) is 0 Å². The van der Waals surface area contributed by atoms with Crippen molar-refractivity contribution >= 4 is 14.3 Å². The Morgan fingerprint density at radius 3 is 2.91 bits per heavy atom. The van der Waals surface area contributed by atoms with E-state index in [0.29, 0.717) is 0 Å². The van der Waals surface area contributed by atoms with Crippen molar-refractivity contribution in [2.24, 2.45) is 0 Å².